The van der Waals surface area contributed by atoms with Crippen LogP contribution in [0.15, 0.2) is 36.4 Å². The molecular formula is C17H16O5. The summed E-state index contributed by atoms with van der Waals surface area (Å²) < 4.78 is 16.3. The van der Waals surface area contributed by atoms with E-state index in [1.54, 1.807) is 0 Å². The van der Waals surface area contributed by atoms with Crippen molar-refractivity contribution < 1.29 is 24.1 Å². The van der Waals surface area contributed by atoms with Gasteiger partial charge in [-0.05, 0) is 5.56 Å². The smallest absolute Gasteiger partial charge is 0.204 e. The fraction of sp³-hybridized carbons (Fsp3) is 0.235. The molecule has 3 rings (SSSR count). The summed E-state index contributed by atoms with van der Waals surface area (Å²) in [5.74, 6) is 0.420. The first-order valence-electron chi connectivity index (χ1n) is 6.88. The number of carbonyl (C=O) groups is 1. The van der Waals surface area contributed by atoms with Crippen molar-refractivity contribution >= 4 is 5.78 Å². The molecule has 1 aliphatic rings. The molecule has 0 fully saturated rings. The molecule has 2 aromatic carbocycles. The molecule has 0 spiro atoms. The predicted molar refractivity (Wildman–Crippen MR) is 80.0 cm³/mol. The Morgan fingerprint density at radius 3 is 2.55 bits per heavy atom. The Labute approximate surface area is 128 Å². The van der Waals surface area contributed by atoms with Gasteiger partial charge >= 0.3 is 0 Å². The van der Waals surface area contributed by atoms with E-state index >= 15 is 0 Å². The number of benzene rings is 2. The molecule has 114 valence electrons. The number of carbonyl (C=O) groups excluding carboxylic acids is 1. The number of ether oxygens (including phenoxy) is 3. The molecule has 1 unspecified atom stereocenters. The monoisotopic (exact) mass is 300 g/mol. The van der Waals surface area contributed by atoms with Crippen molar-refractivity contribution in [2.75, 3.05) is 14.2 Å². The van der Waals surface area contributed by atoms with Crippen molar-refractivity contribution in [2.45, 2.75) is 12.5 Å². The number of ketones is 1. The number of hydrogen-bond donors (Lipinski definition) is 1. The van der Waals surface area contributed by atoms with Crippen LogP contribution in [-0.4, -0.2) is 25.1 Å². The fourth-order valence-corrected chi connectivity index (χ4v) is 2.65. The second-order valence-electron chi connectivity index (χ2n) is 4.98. The van der Waals surface area contributed by atoms with Crippen LogP contribution in [0.2, 0.25) is 0 Å². The van der Waals surface area contributed by atoms with E-state index < -0.39 is 6.10 Å². The van der Waals surface area contributed by atoms with Crippen molar-refractivity contribution in [1.82, 2.24) is 0 Å². The van der Waals surface area contributed by atoms with Crippen LogP contribution in [0.1, 0.15) is 28.4 Å². The molecule has 1 aliphatic heterocycles. The summed E-state index contributed by atoms with van der Waals surface area (Å²) in [6, 6.07) is 10.8. The SMILES string of the molecule is COc1cc(O)c(OC)c2c1C(=O)CC(c1ccccc1)O2. The minimum atomic E-state index is -0.415. The zero-order valence-electron chi connectivity index (χ0n) is 12.3. The van der Waals surface area contributed by atoms with Gasteiger partial charge in [-0.15, -0.1) is 0 Å². The normalized spacial score (nSPS) is 16.6. The third-order valence-corrected chi connectivity index (χ3v) is 3.69. The molecule has 0 saturated carbocycles. The highest BCUT2D eigenvalue weighted by molar-refractivity contribution is 6.04. The van der Waals surface area contributed by atoms with Crippen molar-refractivity contribution in [3.63, 3.8) is 0 Å². The molecule has 1 N–H and O–H groups in total. The lowest BCUT2D eigenvalue weighted by Crippen LogP contribution is -2.21. The van der Waals surface area contributed by atoms with Crippen molar-refractivity contribution in [1.29, 1.82) is 0 Å². The van der Waals surface area contributed by atoms with Crippen molar-refractivity contribution in [3.8, 4) is 23.0 Å². The molecule has 0 saturated heterocycles. The molecule has 0 aromatic heterocycles. The summed E-state index contributed by atoms with van der Waals surface area (Å²) in [6.07, 6.45) is -0.206. The van der Waals surface area contributed by atoms with E-state index in [9.17, 15) is 9.90 Å². The van der Waals surface area contributed by atoms with Gasteiger partial charge in [0.15, 0.2) is 17.3 Å². The van der Waals surface area contributed by atoms with Gasteiger partial charge in [-0.3, -0.25) is 4.79 Å². The molecule has 0 amide bonds. The highest BCUT2D eigenvalue weighted by Gasteiger charge is 2.34. The van der Waals surface area contributed by atoms with Crippen molar-refractivity contribution in [3.05, 3.63) is 47.5 Å². The zero-order chi connectivity index (χ0) is 15.7. The van der Waals surface area contributed by atoms with E-state index in [1.807, 2.05) is 30.3 Å². The highest BCUT2D eigenvalue weighted by atomic mass is 16.5. The van der Waals surface area contributed by atoms with Crippen LogP contribution in [-0.2, 0) is 0 Å². The number of rotatable bonds is 3. The maximum Gasteiger partial charge on any atom is 0.204 e. The number of Topliss-reactive ketones (excluding diaryl/α,β-unsaturated/α-hetero) is 1. The molecule has 0 radical (unpaired) electrons. The Bertz CT molecular complexity index is 709. The molecule has 0 bridgehead atoms. The summed E-state index contributed by atoms with van der Waals surface area (Å²) >= 11 is 0. The van der Waals surface area contributed by atoms with Gasteiger partial charge in [0, 0.05) is 6.07 Å². The molecule has 1 atom stereocenters. The van der Waals surface area contributed by atoms with Gasteiger partial charge in [0.2, 0.25) is 5.75 Å². The lowest BCUT2D eigenvalue weighted by Gasteiger charge is -2.28. The van der Waals surface area contributed by atoms with Crippen LogP contribution in [0.5, 0.6) is 23.0 Å². The number of fused-ring (bicyclic) bond motifs is 1. The van der Waals surface area contributed by atoms with E-state index in [4.69, 9.17) is 14.2 Å². The van der Waals surface area contributed by atoms with Crippen LogP contribution in [0.25, 0.3) is 0 Å². The van der Waals surface area contributed by atoms with Gasteiger partial charge < -0.3 is 19.3 Å². The summed E-state index contributed by atoms with van der Waals surface area (Å²) in [7, 11) is 2.86. The summed E-state index contributed by atoms with van der Waals surface area (Å²) in [4.78, 5) is 12.5. The molecule has 5 heteroatoms. The second-order valence-corrected chi connectivity index (χ2v) is 4.98. The Hall–Kier alpha value is -2.69. The van der Waals surface area contributed by atoms with Crippen LogP contribution < -0.4 is 14.2 Å². The van der Waals surface area contributed by atoms with E-state index in [-0.39, 0.29) is 35.2 Å². The van der Waals surface area contributed by atoms with E-state index in [0.717, 1.165) is 5.56 Å². The minimum absolute atomic E-state index is 0.106. The average Bonchev–Trinajstić information content (AvgIpc) is 2.54. The van der Waals surface area contributed by atoms with E-state index in [0.29, 0.717) is 5.56 Å². The minimum Gasteiger partial charge on any atom is -0.504 e. The molecule has 1 heterocycles. The summed E-state index contributed by atoms with van der Waals surface area (Å²) in [5, 5.41) is 10.0. The van der Waals surface area contributed by atoms with Gasteiger partial charge in [-0.1, -0.05) is 30.3 Å². The van der Waals surface area contributed by atoms with Crippen molar-refractivity contribution in [2.24, 2.45) is 0 Å². The van der Waals surface area contributed by atoms with Crippen LogP contribution in [0.3, 0.4) is 0 Å². The second kappa shape index (κ2) is 5.60. The topological polar surface area (TPSA) is 65.0 Å². The van der Waals surface area contributed by atoms with Gasteiger partial charge in [-0.2, -0.15) is 0 Å². The maximum atomic E-state index is 12.5. The van der Waals surface area contributed by atoms with Crippen LogP contribution >= 0.6 is 0 Å². The summed E-state index contributed by atoms with van der Waals surface area (Å²) in [5.41, 5.74) is 1.20. The number of phenols is 1. The first-order chi connectivity index (χ1) is 10.7. The molecule has 22 heavy (non-hydrogen) atoms. The number of methoxy groups -OCH3 is 2. The third-order valence-electron chi connectivity index (χ3n) is 3.69. The number of hydrogen-bond acceptors (Lipinski definition) is 5. The Balaban J connectivity index is 2.12. The zero-order valence-corrected chi connectivity index (χ0v) is 12.3. The Morgan fingerprint density at radius 2 is 1.91 bits per heavy atom. The number of aromatic hydroxyl groups is 1. The maximum absolute atomic E-state index is 12.5. The standard InChI is InChI=1S/C17H16O5/c1-20-14-9-12(19)16(21-2)17-15(14)11(18)8-13(22-17)10-6-4-3-5-7-10/h3-7,9,13,19H,8H2,1-2H3. The molecule has 5 nitrogen and oxygen atoms in total. The first-order valence-corrected chi connectivity index (χ1v) is 6.88. The van der Waals surface area contributed by atoms with Gasteiger partial charge in [0.25, 0.3) is 0 Å². The lowest BCUT2D eigenvalue weighted by molar-refractivity contribution is 0.0836. The number of phenolic OH excluding ortho intramolecular Hbond substituents is 1. The fourth-order valence-electron chi connectivity index (χ4n) is 2.65. The largest absolute Gasteiger partial charge is 0.504 e. The molecule has 0 aliphatic carbocycles. The van der Waals surface area contributed by atoms with E-state index in [1.165, 1.54) is 20.3 Å². The van der Waals surface area contributed by atoms with E-state index in [2.05, 4.69) is 0 Å². The summed E-state index contributed by atoms with van der Waals surface area (Å²) in [6.45, 7) is 0. The van der Waals surface area contributed by atoms with Crippen LogP contribution in [0.4, 0.5) is 0 Å². The average molecular weight is 300 g/mol. The molecule has 2 aromatic rings. The molecular weight excluding hydrogens is 284 g/mol. The Kier molecular flexibility index (Phi) is 3.63. The lowest BCUT2D eigenvalue weighted by atomic mass is 9.95. The third kappa shape index (κ3) is 2.24. The predicted octanol–water partition coefficient (Wildman–Crippen LogP) is 3.12. The van der Waals surface area contributed by atoms with Gasteiger partial charge in [0.05, 0.1) is 20.6 Å². The van der Waals surface area contributed by atoms with Gasteiger partial charge in [-0.25, -0.2) is 0 Å². The quantitative estimate of drug-likeness (QED) is 0.943. The first kappa shape index (κ1) is 14.3. The van der Waals surface area contributed by atoms with Gasteiger partial charge in [0.1, 0.15) is 17.4 Å². The van der Waals surface area contributed by atoms with Crippen LogP contribution in [0, 0.1) is 0 Å². The highest BCUT2D eigenvalue weighted by Crippen LogP contribution is 2.49. The Morgan fingerprint density at radius 1 is 1.18 bits per heavy atom.